The lowest BCUT2D eigenvalue weighted by atomic mass is 9.80. The number of hydrogen-bond acceptors (Lipinski definition) is 1. The SMILES string of the molecule is CC(C)(C)c1ccc(-n2c3[n+]4c5c(cccc52)Sc2cc5ccccc5c(c2-4)C32c3ccccc3-c3cccc[n+]32)cc1. The molecular weight excluding hydrogens is 543 g/mol. The molecule has 43 heavy (non-hydrogen) atoms. The molecular formula is C39H29N3S+2. The van der Waals surface area contributed by atoms with E-state index in [1.807, 2.05) is 11.8 Å². The fourth-order valence-electron chi connectivity index (χ4n) is 8.03. The fraction of sp³-hybridized carbons (Fsp3) is 0.128. The molecule has 0 amide bonds. The molecule has 2 aromatic heterocycles. The van der Waals surface area contributed by atoms with Gasteiger partial charge in [-0.1, -0.05) is 93.2 Å². The molecule has 10 rings (SSSR count). The van der Waals surface area contributed by atoms with Crippen LogP contribution in [-0.2, 0) is 11.0 Å². The topological polar surface area (TPSA) is 12.7 Å². The summed E-state index contributed by atoms with van der Waals surface area (Å²) in [5.74, 6) is 1.27. The zero-order chi connectivity index (χ0) is 28.7. The number of imidazole rings is 1. The lowest BCUT2D eigenvalue weighted by molar-refractivity contribution is -0.733. The second-order valence-electron chi connectivity index (χ2n) is 13.0. The first-order valence-electron chi connectivity index (χ1n) is 15.0. The van der Waals surface area contributed by atoms with Crippen molar-refractivity contribution in [3.8, 4) is 22.6 Å². The number of nitrogens with zero attached hydrogens (tertiary/aromatic N) is 3. The summed E-state index contributed by atoms with van der Waals surface area (Å²) >= 11 is 1.91. The lowest BCUT2D eigenvalue weighted by Gasteiger charge is -2.22. The van der Waals surface area contributed by atoms with E-state index in [4.69, 9.17) is 0 Å². The normalized spacial score (nSPS) is 17.2. The van der Waals surface area contributed by atoms with Gasteiger partial charge in [0, 0.05) is 12.1 Å². The second-order valence-corrected chi connectivity index (χ2v) is 14.1. The van der Waals surface area contributed by atoms with Crippen LogP contribution in [0.2, 0.25) is 0 Å². The molecule has 0 saturated heterocycles. The van der Waals surface area contributed by atoms with Crippen molar-refractivity contribution in [3.63, 3.8) is 0 Å². The molecule has 1 unspecified atom stereocenters. The minimum absolute atomic E-state index is 0.0885. The Bertz CT molecular complexity index is 2310. The first-order chi connectivity index (χ1) is 21.0. The van der Waals surface area contributed by atoms with Crippen LogP contribution in [0.15, 0.2) is 131 Å². The summed E-state index contributed by atoms with van der Waals surface area (Å²) < 4.78 is 7.73. The Hall–Kier alpha value is -4.67. The van der Waals surface area contributed by atoms with Crippen molar-refractivity contribution in [2.75, 3.05) is 0 Å². The van der Waals surface area contributed by atoms with E-state index in [2.05, 4.69) is 156 Å². The van der Waals surface area contributed by atoms with Crippen LogP contribution < -0.4 is 9.13 Å². The Morgan fingerprint density at radius 3 is 2.40 bits per heavy atom. The van der Waals surface area contributed by atoms with E-state index in [0.29, 0.717) is 0 Å². The van der Waals surface area contributed by atoms with Crippen molar-refractivity contribution in [1.82, 2.24) is 4.57 Å². The Labute approximate surface area is 254 Å². The second kappa shape index (κ2) is 7.83. The largest absolute Gasteiger partial charge is 0.352 e. The molecule has 0 fully saturated rings. The average Bonchev–Trinajstić information content (AvgIpc) is 3.64. The van der Waals surface area contributed by atoms with Gasteiger partial charge in [0.15, 0.2) is 22.9 Å². The van der Waals surface area contributed by atoms with Gasteiger partial charge in [0.05, 0.1) is 26.5 Å². The van der Waals surface area contributed by atoms with Gasteiger partial charge in [0.1, 0.15) is 5.69 Å². The zero-order valence-electron chi connectivity index (χ0n) is 24.3. The van der Waals surface area contributed by atoms with Crippen LogP contribution in [0.1, 0.15) is 43.3 Å². The van der Waals surface area contributed by atoms with E-state index < -0.39 is 5.54 Å². The van der Waals surface area contributed by atoms with Gasteiger partial charge in [0.2, 0.25) is 5.69 Å². The van der Waals surface area contributed by atoms with E-state index >= 15 is 0 Å². The van der Waals surface area contributed by atoms with Crippen molar-refractivity contribution >= 4 is 33.6 Å². The molecule has 0 bridgehead atoms. The first kappa shape index (κ1) is 23.8. The summed E-state index contributed by atoms with van der Waals surface area (Å²) in [5, 5.41) is 2.60. The van der Waals surface area contributed by atoms with Gasteiger partial charge in [-0.3, -0.25) is 0 Å². The summed E-state index contributed by atoms with van der Waals surface area (Å²) in [5.41, 5.74) is 11.2. The van der Waals surface area contributed by atoms with Crippen LogP contribution in [0.3, 0.4) is 0 Å². The molecule has 3 aliphatic heterocycles. The molecule has 5 heterocycles. The number of para-hydroxylation sites is 1. The number of benzene rings is 5. The van der Waals surface area contributed by atoms with Gasteiger partial charge in [-0.05, 0) is 64.2 Å². The van der Waals surface area contributed by atoms with Crippen molar-refractivity contribution < 1.29 is 9.13 Å². The first-order valence-corrected chi connectivity index (χ1v) is 15.9. The minimum Gasteiger partial charge on any atom is -0.185 e. The number of fused-ring (bicyclic) bond motifs is 9. The summed E-state index contributed by atoms with van der Waals surface area (Å²) in [6, 6.07) is 43.2. The van der Waals surface area contributed by atoms with E-state index in [9.17, 15) is 0 Å². The molecule has 0 N–H and O–H groups in total. The third-order valence-electron chi connectivity index (χ3n) is 9.79. The van der Waals surface area contributed by atoms with Crippen LogP contribution in [0.4, 0.5) is 0 Å². The molecule has 4 heteroatoms. The van der Waals surface area contributed by atoms with Gasteiger partial charge in [0.25, 0.3) is 0 Å². The van der Waals surface area contributed by atoms with Gasteiger partial charge in [-0.15, -0.1) is 0 Å². The molecule has 0 aliphatic carbocycles. The predicted molar refractivity (Wildman–Crippen MR) is 172 cm³/mol. The molecule has 0 radical (unpaired) electrons. The third-order valence-corrected chi connectivity index (χ3v) is 10.9. The maximum atomic E-state index is 2.61. The zero-order valence-corrected chi connectivity index (χ0v) is 25.1. The Kier molecular flexibility index (Phi) is 4.34. The Morgan fingerprint density at radius 1 is 0.744 bits per heavy atom. The quantitative estimate of drug-likeness (QED) is 0.181. The molecule has 1 spiro atoms. The monoisotopic (exact) mass is 571 g/mol. The standard InChI is InChI=1S/C39H29N3S/c1-38(2,3)25-18-20-26(21-19-25)41-31-16-10-17-32-35(31)42-36-33(43-32)23-24-11-4-5-12-27(24)34(36)39(37(41)42)29-14-7-6-13-28(29)30-15-8-9-22-40(30)39/h4-23H,1-3H3/q+2. The predicted octanol–water partition coefficient (Wildman–Crippen LogP) is 8.24. The molecule has 3 nitrogen and oxygen atoms in total. The van der Waals surface area contributed by atoms with Gasteiger partial charge in [-0.25, -0.2) is 0 Å². The molecule has 204 valence electrons. The Balaban J connectivity index is 1.47. The highest BCUT2D eigenvalue weighted by Crippen LogP contribution is 2.57. The fourth-order valence-corrected chi connectivity index (χ4v) is 9.18. The molecule has 7 aromatic rings. The number of rotatable bonds is 1. The van der Waals surface area contributed by atoms with Crippen molar-refractivity contribution in [1.29, 1.82) is 0 Å². The van der Waals surface area contributed by atoms with Crippen LogP contribution in [-0.4, -0.2) is 4.57 Å². The van der Waals surface area contributed by atoms with Crippen molar-refractivity contribution in [2.45, 2.75) is 41.5 Å². The van der Waals surface area contributed by atoms with Gasteiger partial charge < -0.3 is 0 Å². The van der Waals surface area contributed by atoms with Crippen LogP contribution in [0.25, 0.3) is 44.4 Å². The minimum atomic E-state index is -0.554. The number of aromatic nitrogens is 3. The van der Waals surface area contributed by atoms with E-state index in [0.717, 1.165) is 0 Å². The van der Waals surface area contributed by atoms with Crippen LogP contribution >= 0.6 is 11.8 Å². The molecule has 1 atom stereocenters. The van der Waals surface area contributed by atoms with Crippen molar-refractivity contribution in [2.24, 2.45) is 0 Å². The van der Waals surface area contributed by atoms with Gasteiger partial charge >= 0.3 is 11.4 Å². The Morgan fingerprint density at radius 2 is 1.53 bits per heavy atom. The van der Waals surface area contributed by atoms with E-state index in [-0.39, 0.29) is 5.41 Å². The summed E-state index contributed by atoms with van der Waals surface area (Å²) in [7, 11) is 0. The summed E-state index contributed by atoms with van der Waals surface area (Å²) in [6.07, 6.45) is 2.30. The highest BCUT2D eigenvalue weighted by molar-refractivity contribution is 7.99. The average molecular weight is 572 g/mol. The third kappa shape index (κ3) is 2.74. The van der Waals surface area contributed by atoms with E-state index in [1.165, 1.54) is 76.7 Å². The van der Waals surface area contributed by atoms with E-state index in [1.54, 1.807) is 0 Å². The summed E-state index contributed by atoms with van der Waals surface area (Å²) in [4.78, 5) is 2.62. The molecule has 3 aliphatic rings. The van der Waals surface area contributed by atoms with Crippen molar-refractivity contribution in [3.05, 3.63) is 144 Å². The highest BCUT2D eigenvalue weighted by Gasteiger charge is 2.69. The smallest absolute Gasteiger partial charge is 0.185 e. The maximum Gasteiger partial charge on any atom is 0.352 e. The number of pyridine rings is 1. The van der Waals surface area contributed by atoms with Crippen LogP contribution in [0, 0.1) is 0 Å². The number of hydrogen-bond donors (Lipinski definition) is 0. The maximum absolute atomic E-state index is 2.61. The highest BCUT2D eigenvalue weighted by atomic mass is 32.2. The van der Waals surface area contributed by atoms with Gasteiger partial charge in [-0.2, -0.15) is 13.7 Å². The molecule has 0 saturated carbocycles. The van der Waals surface area contributed by atoms with Crippen LogP contribution in [0.5, 0.6) is 0 Å². The summed E-state index contributed by atoms with van der Waals surface area (Å²) in [6.45, 7) is 6.86. The lowest BCUT2D eigenvalue weighted by Crippen LogP contribution is -2.57. The molecule has 5 aromatic carbocycles.